The first-order valence-electron chi connectivity index (χ1n) is 49.2. The van der Waals surface area contributed by atoms with E-state index in [4.69, 9.17) is 19.9 Å². The van der Waals surface area contributed by atoms with Crippen molar-refractivity contribution in [3.05, 3.63) is 285 Å². The van der Waals surface area contributed by atoms with Gasteiger partial charge in [-0.05, 0) is 280 Å². The van der Waals surface area contributed by atoms with Crippen molar-refractivity contribution in [2.24, 2.45) is 23.7 Å². The van der Waals surface area contributed by atoms with E-state index in [9.17, 15) is 42.7 Å². The Morgan fingerprint density at radius 1 is 0.321 bits per heavy atom. The molecule has 4 aliphatic rings. The molecule has 0 N–H and O–H groups in total. The molecular weight excluding hydrogens is 1840 g/mol. The van der Waals surface area contributed by atoms with Gasteiger partial charge >= 0.3 is 0 Å². The topological polar surface area (TPSA) is 247 Å². The summed E-state index contributed by atoms with van der Waals surface area (Å²) in [5, 5.41) is 0. The number of aryl methyl sites for hydroxylation is 5. The number of pyridine rings is 3. The fourth-order valence-electron chi connectivity index (χ4n) is 21.0. The molecule has 11 aromatic heterocycles. The molecule has 0 saturated heterocycles. The number of imidazole rings is 4. The quantitative estimate of drug-likeness (QED) is 0.0414. The van der Waals surface area contributed by atoms with Crippen molar-refractivity contribution < 1.29 is 51.5 Å². The number of fused-ring (bicyclic) bond motifs is 4. The van der Waals surface area contributed by atoms with Crippen LogP contribution in [0.25, 0.3) is 90.1 Å². The number of halogens is 3. The lowest BCUT2D eigenvalue weighted by atomic mass is 9.82. The number of aromatic nitrogens is 11. The van der Waals surface area contributed by atoms with Gasteiger partial charge in [-0.1, -0.05) is 83.7 Å². The fourth-order valence-corrected chi connectivity index (χ4v) is 24.2. The number of rotatable bonds is 28. The van der Waals surface area contributed by atoms with Gasteiger partial charge < -0.3 is 18.3 Å². The lowest BCUT2D eigenvalue weighted by molar-refractivity contribution is 0.0937. The van der Waals surface area contributed by atoms with Crippen LogP contribution < -0.4 is 0 Å². The zero-order valence-corrected chi connectivity index (χ0v) is 83.9. The van der Waals surface area contributed by atoms with Crippen LogP contribution in [-0.4, -0.2) is 99.4 Å². The first-order valence-corrected chi connectivity index (χ1v) is 52.5. The van der Waals surface area contributed by atoms with Crippen LogP contribution in [0, 0.1) is 75.7 Å². The zero-order valence-electron chi connectivity index (χ0n) is 80.6. The van der Waals surface area contributed by atoms with Gasteiger partial charge in [-0.15, -0.1) is 45.3 Å². The summed E-state index contributed by atoms with van der Waals surface area (Å²) in [4.78, 5) is 142. The Labute approximate surface area is 829 Å². The number of carbonyl (C=O) groups excluding carboxylic acids is 8. The highest BCUT2D eigenvalue weighted by Gasteiger charge is 2.36. The maximum atomic E-state index is 15.0. The van der Waals surface area contributed by atoms with E-state index in [0.717, 1.165) is 182 Å². The molecule has 19 nitrogen and oxygen atoms in total. The molecule has 720 valence electrons. The second-order valence-corrected chi connectivity index (χ2v) is 43.1. The SMILES string of the molecule is CCC(=O)c1cc2nc(-c3ccccn3)n([C@H]3CCC[C@@H](CC(=O)c4ccc(C)s4)C3)c2cc1F.CCC(=O)c1cc2nc(-c3ccccn3)n([C@H]3CCC[C@@H](CC(=O)c4ccc(C)s4)C3)c2cc1F.CCC(=O)c1ccc2c(c1)nc(-c1ccc(C)cn1)n2[C@H]1CCC[C@@H](CC(=O)c2ccc(C)s2)C1.CCC(=O)c1ccc2c(c1)nc(-c1cccc(F)c1)n2[C@H]1CCC[C@@H](CC(=O)c2ccc(C)s2)C1. The highest BCUT2D eigenvalue weighted by atomic mass is 32.1. The molecule has 0 aliphatic heterocycles. The largest absolute Gasteiger partial charge is 0.321 e. The van der Waals surface area contributed by atoms with E-state index in [0.29, 0.717) is 112 Å². The Hall–Kier alpha value is -12.6. The maximum Gasteiger partial charge on any atom is 0.173 e. The molecule has 0 spiro atoms. The van der Waals surface area contributed by atoms with Crippen molar-refractivity contribution in [1.82, 2.24) is 53.2 Å². The standard InChI is InChI=1S/C29H29FN2O2S.C29H31N3O2S.2C28H28FN3O2S/c1-3-26(33)20-11-12-25-24(17-20)31-29(21-7-5-8-22(30)16-21)32(25)23-9-4-6-19(14-23)15-27(34)28-13-10-18(2)35-28;1-4-26(33)21-10-12-25-24(16-21)31-29(23-11-8-18(2)17-30-23)32(25)22-7-5-6-20(14-22)15-27(34)28-13-9-19(3)35-28;2*1-3-25(33)20-15-23-24(16-21(20)29)32(28(31-23)22-9-4-5-12-30-22)19-8-6-7-18(13-19)14-26(34)27-11-10-17(2)35-27/h5,7-8,10-13,16-17,19,23H,3-4,6,9,14-15H2,1-2H3;8-13,16-17,20,22H,4-7,14-15H2,1-3H3;2*4-5,9-12,15-16,18-19H,3,6-8,13-14H2,1-2H3/t19-,23+;20-,22+;2*18-,19+/m1111/s1. The van der Waals surface area contributed by atoms with Crippen LogP contribution >= 0.6 is 45.3 Å². The Morgan fingerprint density at radius 2 is 0.664 bits per heavy atom. The van der Waals surface area contributed by atoms with Gasteiger partial charge in [0.2, 0.25) is 0 Å². The molecule has 0 bridgehead atoms. The molecule has 8 atom stereocenters. The number of hydrogen-bond acceptors (Lipinski definition) is 19. The summed E-state index contributed by atoms with van der Waals surface area (Å²) in [6.45, 7) is 17.3. The van der Waals surface area contributed by atoms with Crippen molar-refractivity contribution in [3.8, 4) is 45.9 Å². The van der Waals surface area contributed by atoms with Crippen molar-refractivity contribution in [3.63, 3.8) is 0 Å². The third-order valence-corrected chi connectivity index (χ3v) is 32.1. The van der Waals surface area contributed by atoms with E-state index in [2.05, 4.69) is 39.3 Å². The minimum absolute atomic E-state index is 0.0701. The molecular formula is C114H116F3N11O8S4. The second kappa shape index (κ2) is 44.5. The van der Waals surface area contributed by atoms with Crippen molar-refractivity contribution in [2.75, 3.05) is 0 Å². The van der Waals surface area contributed by atoms with Gasteiger partial charge in [0.25, 0.3) is 0 Å². The zero-order chi connectivity index (χ0) is 98.1. The number of carbonyl (C=O) groups is 8. The predicted molar refractivity (Wildman–Crippen MR) is 553 cm³/mol. The van der Waals surface area contributed by atoms with Gasteiger partial charge in [0.1, 0.15) is 40.4 Å². The number of thiophene rings is 4. The summed E-state index contributed by atoms with van der Waals surface area (Å²) in [5.41, 5.74) is 11.7. The highest BCUT2D eigenvalue weighted by molar-refractivity contribution is 7.15. The van der Waals surface area contributed by atoms with Crippen LogP contribution in [0.3, 0.4) is 0 Å². The average molecular weight is 1950 g/mol. The molecule has 140 heavy (non-hydrogen) atoms. The van der Waals surface area contributed by atoms with Gasteiger partial charge in [-0.3, -0.25) is 53.3 Å². The smallest absolute Gasteiger partial charge is 0.173 e. The molecule has 11 heterocycles. The lowest BCUT2D eigenvalue weighted by Gasteiger charge is -2.31. The fraction of sp³-hybridized carbons (Fsp3) is 0.360. The predicted octanol–water partition coefficient (Wildman–Crippen LogP) is 29.6. The van der Waals surface area contributed by atoms with E-state index in [1.54, 1.807) is 89.8 Å². The summed E-state index contributed by atoms with van der Waals surface area (Å²) < 4.78 is 52.9. The van der Waals surface area contributed by atoms with Crippen molar-refractivity contribution in [1.29, 1.82) is 0 Å². The number of nitrogens with zero attached hydrogens (tertiary/aromatic N) is 11. The number of Topliss-reactive ketones (excluding diaryl/α,β-unsaturated/α-hetero) is 8. The Morgan fingerprint density at radius 3 is 0.986 bits per heavy atom. The average Bonchev–Trinajstić information content (AvgIpc) is 1.61. The lowest BCUT2D eigenvalue weighted by Crippen LogP contribution is -2.22. The monoisotopic (exact) mass is 1950 g/mol. The van der Waals surface area contributed by atoms with Gasteiger partial charge in [0.05, 0.1) is 74.8 Å². The summed E-state index contributed by atoms with van der Waals surface area (Å²) in [6.07, 6.45) is 24.4. The number of hydrogen-bond donors (Lipinski definition) is 0. The molecule has 16 aromatic rings. The highest BCUT2D eigenvalue weighted by Crippen LogP contribution is 2.47. The van der Waals surface area contributed by atoms with E-state index in [-0.39, 0.29) is 112 Å². The summed E-state index contributed by atoms with van der Waals surface area (Å²) in [5.74, 6) is 3.30. The van der Waals surface area contributed by atoms with Crippen LogP contribution in [-0.2, 0) is 0 Å². The van der Waals surface area contributed by atoms with Crippen LogP contribution in [0.5, 0.6) is 0 Å². The van der Waals surface area contributed by atoms with Gasteiger partial charge in [0.15, 0.2) is 63.7 Å². The van der Waals surface area contributed by atoms with Crippen molar-refractivity contribution in [2.45, 2.75) is 241 Å². The Kier molecular flexibility index (Phi) is 31.4. The molecule has 4 saturated carbocycles. The van der Waals surface area contributed by atoms with E-state index >= 15 is 8.78 Å². The van der Waals surface area contributed by atoms with Crippen LogP contribution in [0.1, 0.15) is 311 Å². The second-order valence-electron chi connectivity index (χ2n) is 37.9. The molecule has 4 aliphatic carbocycles. The molecule has 26 heteroatoms. The molecule has 0 unspecified atom stereocenters. The Balaban J connectivity index is 0.000000129. The van der Waals surface area contributed by atoms with Crippen LogP contribution in [0.4, 0.5) is 13.2 Å². The first kappa shape index (κ1) is 99.0. The maximum absolute atomic E-state index is 15.0. The van der Waals surface area contributed by atoms with Gasteiger partial charge in [-0.2, -0.15) is 0 Å². The molecule has 20 rings (SSSR count). The number of ketones is 8. The first-order chi connectivity index (χ1) is 67.7. The third-order valence-electron chi connectivity index (χ3n) is 27.9. The molecule has 0 amide bonds. The van der Waals surface area contributed by atoms with E-state index < -0.39 is 11.6 Å². The van der Waals surface area contributed by atoms with Gasteiger partial charge in [0, 0.05) is 142 Å². The summed E-state index contributed by atoms with van der Waals surface area (Å²) in [7, 11) is 0. The summed E-state index contributed by atoms with van der Waals surface area (Å²) >= 11 is 6.25. The van der Waals surface area contributed by atoms with Crippen molar-refractivity contribution >= 4 is 136 Å². The minimum atomic E-state index is -0.520. The van der Waals surface area contributed by atoms with E-state index in [1.807, 2.05) is 188 Å². The van der Waals surface area contributed by atoms with E-state index in [1.165, 1.54) is 29.1 Å². The van der Waals surface area contributed by atoms with Crippen LogP contribution in [0.2, 0.25) is 0 Å². The Bertz CT molecular complexity index is 7070. The minimum Gasteiger partial charge on any atom is -0.321 e. The number of benzene rings is 5. The summed E-state index contributed by atoms with van der Waals surface area (Å²) in [6, 6.07) is 55.8. The third kappa shape index (κ3) is 22.5. The van der Waals surface area contributed by atoms with Gasteiger partial charge in [-0.25, -0.2) is 33.1 Å². The molecule has 5 aromatic carbocycles. The molecule has 4 fully saturated rings. The normalized spacial score (nSPS) is 18.1. The molecule has 0 radical (unpaired) electrons. The van der Waals surface area contributed by atoms with Crippen LogP contribution in [0.15, 0.2) is 201 Å².